The number of rotatable bonds is 7. The third-order valence-electron chi connectivity index (χ3n) is 5.29. The molecule has 1 amide bonds. The van der Waals surface area contributed by atoms with Crippen LogP contribution in [-0.4, -0.2) is 22.8 Å². The summed E-state index contributed by atoms with van der Waals surface area (Å²) >= 11 is 0. The monoisotopic (exact) mass is 411 g/mol. The highest BCUT2D eigenvalue weighted by molar-refractivity contribution is 5.94. The Morgan fingerprint density at radius 1 is 0.968 bits per heavy atom. The second-order valence-electron chi connectivity index (χ2n) is 7.39. The lowest BCUT2D eigenvalue weighted by Crippen LogP contribution is -2.31. The van der Waals surface area contributed by atoms with Crippen LogP contribution in [-0.2, 0) is 13.5 Å². The van der Waals surface area contributed by atoms with Gasteiger partial charge in [-0.1, -0.05) is 60.7 Å². The number of hydrogen-bond donors (Lipinski definition) is 1. The van der Waals surface area contributed by atoms with Crippen molar-refractivity contribution in [3.05, 3.63) is 108 Å². The number of nitrogens with one attached hydrogen (secondary N) is 1. The van der Waals surface area contributed by atoms with Crippen LogP contribution in [0.2, 0.25) is 0 Å². The lowest BCUT2D eigenvalue weighted by molar-refractivity contribution is 0.0927. The summed E-state index contributed by atoms with van der Waals surface area (Å²) in [5.74, 6) is 0.629. The van der Waals surface area contributed by atoms with E-state index in [0.717, 1.165) is 22.6 Å². The first kappa shape index (κ1) is 20.4. The van der Waals surface area contributed by atoms with Gasteiger partial charge in [-0.25, -0.2) is 0 Å². The molecule has 5 heteroatoms. The Bertz CT molecular complexity index is 1140. The molecule has 0 fully saturated rings. The van der Waals surface area contributed by atoms with E-state index in [2.05, 4.69) is 22.5 Å². The molecule has 4 rings (SSSR count). The minimum atomic E-state index is -0.153. The number of benzene rings is 3. The molecule has 156 valence electrons. The highest BCUT2D eigenvalue weighted by atomic mass is 16.5. The van der Waals surface area contributed by atoms with E-state index < -0.39 is 0 Å². The zero-order valence-corrected chi connectivity index (χ0v) is 17.7. The number of hydrogen-bond acceptors (Lipinski definition) is 3. The molecule has 1 heterocycles. The fourth-order valence-corrected chi connectivity index (χ4v) is 3.60. The molecule has 1 unspecified atom stereocenters. The minimum absolute atomic E-state index is 0.143. The number of amides is 1. The Labute approximate surface area is 182 Å². The fourth-order valence-electron chi connectivity index (χ4n) is 3.60. The molecule has 1 atom stereocenters. The standard InChI is InChI=1S/C26H25N3O2/c1-29-25(18-24(28-29)21-13-15-22(31-2)16-14-21)26(30)27-23(20-11-7-4-8-12-20)17-19-9-5-3-6-10-19/h3-16,18,23H,17H2,1-2H3,(H,27,30). The number of aromatic nitrogens is 2. The number of carbonyl (C=O) groups is 1. The number of methoxy groups -OCH3 is 1. The molecule has 0 bridgehead atoms. The van der Waals surface area contributed by atoms with E-state index in [1.807, 2.05) is 78.9 Å². The quantitative estimate of drug-likeness (QED) is 0.475. The van der Waals surface area contributed by atoms with Gasteiger partial charge in [0, 0.05) is 12.6 Å². The van der Waals surface area contributed by atoms with E-state index in [1.54, 1.807) is 18.8 Å². The van der Waals surface area contributed by atoms with Crippen molar-refractivity contribution in [3.63, 3.8) is 0 Å². The first-order valence-corrected chi connectivity index (χ1v) is 10.2. The van der Waals surface area contributed by atoms with Gasteiger partial charge in [-0.3, -0.25) is 9.48 Å². The Kier molecular flexibility index (Phi) is 6.13. The molecule has 5 nitrogen and oxygen atoms in total. The zero-order valence-electron chi connectivity index (χ0n) is 17.7. The summed E-state index contributed by atoms with van der Waals surface area (Å²) in [6.07, 6.45) is 0.708. The summed E-state index contributed by atoms with van der Waals surface area (Å²) in [5, 5.41) is 7.74. The number of aryl methyl sites for hydroxylation is 1. The first-order chi connectivity index (χ1) is 15.1. The summed E-state index contributed by atoms with van der Waals surface area (Å²) in [6, 6.07) is 29.5. The minimum Gasteiger partial charge on any atom is -0.497 e. The lowest BCUT2D eigenvalue weighted by Gasteiger charge is -2.19. The topological polar surface area (TPSA) is 56.1 Å². The molecule has 1 N–H and O–H groups in total. The van der Waals surface area contributed by atoms with Gasteiger partial charge in [0.1, 0.15) is 11.4 Å². The molecule has 0 aliphatic carbocycles. The second kappa shape index (κ2) is 9.30. The highest BCUT2D eigenvalue weighted by Gasteiger charge is 2.20. The van der Waals surface area contributed by atoms with Crippen LogP contribution in [0, 0.1) is 0 Å². The summed E-state index contributed by atoms with van der Waals surface area (Å²) < 4.78 is 6.84. The van der Waals surface area contributed by atoms with E-state index in [0.29, 0.717) is 12.1 Å². The van der Waals surface area contributed by atoms with Crippen LogP contribution in [0.25, 0.3) is 11.3 Å². The molecular formula is C26H25N3O2. The van der Waals surface area contributed by atoms with Crippen molar-refractivity contribution in [2.24, 2.45) is 7.05 Å². The molecule has 0 spiro atoms. The maximum Gasteiger partial charge on any atom is 0.270 e. The maximum atomic E-state index is 13.2. The third-order valence-corrected chi connectivity index (χ3v) is 5.29. The molecule has 1 aromatic heterocycles. The first-order valence-electron chi connectivity index (χ1n) is 10.2. The second-order valence-corrected chi connectivity index (χ2v) is 7.39. The van der Waals surface area contributed by atoms with Gasteiger partial charge < -0.3 is 10.1 Å². The molecule has 0 aliphatic heterocycles. The maximum absolute atomic E-state index is 13.2. The Morgan fingerprint density at radius 3 is 2.26 bits per heavy atom. The van der Waals surface area contributed by atoms with Gasteiger partial charge in [-0.15, -0.1) is 0 Å². The average Bonchev–Trinajstić information content (AvgIpc) is 3.21. The number of carbonyl (C=O) groups excluding carboxylic acids is 1. The predicted octanol–water partition coefficient (Wildman–Crippen LogP) is 4.81. The molecule has 3 aromatic carbocycles. The van der Waals surface area contributed by atoms with E-state index in [9.17, 15) is 4.79 Å². The number of ether oxygens (including phenoxy) is 1. The van der Waals surface area contributed by atoms with Crippen molar-refractivity contribution in [2.75, 3.05) is 7.11 Å². The van der Waals surface area contributed by atoms with Gasteiger partial charge in [0.2, 0.25) is 0 Å². The Hall–Kier alpha value is -3.86. The molecule has 0 saturated heterocycles. The summed E-state index contributed by atoms with van der Waals surface area (Å²) in [4.78, 5) is 13.2. The highest BCUT2D eigenvalue weighted by Crippen LogP contribution is 2.23. The summed E-state index contributed by atoms with van der Waals surface area (Å²) in [5.41, 5.74) is 4.42. The summed E-state index contributed by atoms with van der Waals surface area (Å²) in [7, 11) is 3.42. The van der Waals surface area contributed by atoms with Gasteiger partial charge in [-0.2, -0.15) is 5.10 Å². The molecular weight excluding hydrogens is 386 g/mol. The largest absolute Gasteiger partial charge is 0.497 e. The smallest absolute Gasteiger partial charge is 0.270 e. The van der Waals surface area contributed by atoms with Gasteiger partial charge in [0.15, 0.2) is 0 Å². The van der Waals surface area contributed by atoms with Crippen LogP contribution in [0.5, 0.6) is 5.75 Å². The van der Waals surface area contributed by atoms with Gasteiger partial charge in [0.25, 0.3) is 5.91 Å². The Morgan fingerprint density at radius 2 is 1.61 bits per heavy atom. The molecule has 0 radical (unpaired) electrons. The Balaban J connectivity index is 1.57. The normalized spacial score (nSPS) is 11.7. The van der Waals surface area contributed by atoms with E-state index >= 15 is 0 Å². The van der Waals surface area contributed by atoms with Crippen LogP contribution in [0.1, 0.15) is 27.7 Å². The molecule has 31 heavy (non-hydrogen) atoms. The average molecular weight is 412 g/mol. The zero-order chi connectivity index (χ0) is 21.6. The van der Waals surface area contributed by atoms with E-state index in [4.69, 9.17) is 4.74 Å². The molecule has 0 saturated carbocycles. The van der Waals surface area contributed by atoms with Crippen molar-refractivity contribution in [1.82, 2.24) is 15.1 Å². The van der Waals surface area contributed by atoms with Gasteiger partial charge in [-0.05, 0) is 47.9 Å². The third kappa shape index (κ3) is 4.83. The molecule has 4 aromatic rings. The van der Waals surface area contributed by atoms with Crippen LogP contribution >= 0.6 is 0 Å². The van der Waals surface area contributed by atoms with Crippen LogP contribution in [0.4, 0.5) is 0 Å². The van der Waals surface area contributed by atoms with Crippen LogP contribution < -0.4 is 10.1 Å². The van der Waals surface area contributed by atoms with Crippen molar-refractivity contribution in [1.29, 1.82) is 0 Å². The van der Waals surface area contributed by atoms with Crippen LogP contribution in [0.3, 0.4) is 0 Å². The van der Waals surface area contributed by atoms with Crippen molar-refractivity contribution < 1.29 is 9.53 Å². The number of nitrogens with zero attached hydrogens (tertiary/aromatic N) is 2. The van der Waals surface area contributed by atoms with E-state index in [1.165, 1.54) is 5.56 Å². The fraction of sp³-hybridized carbons (Fsp3) is 0.154. The van der Waals surface area contributed by atoms with E-state index in [-0.39, 0.29) is 11.9 Å². The van der Waals surface area contributed by atoms with Crippen molar-refractivity contribution in [3.8, 4) is 17.0 Å². The SMILES string of the molecule is COc1ccc(-c2cc(C(=O)NC(Cc3ccccc3)c3ccccc3)n(C)n2)cc1. The van der Waals surface area contributed by atoms with Gasteiger partial charge >= 0.3 is 0 Å². The predicted molar refractivity (Wildman–Crippen MR) is 122 cm³/mol. The lowest BCUT2D eigenvalue weighted by atomic mass is 9.98. The van der Waals surface area contributed by atoms with Crippen molar-refractivity contribution in [2.45, 2.75) is 12.5 Å². The van der Waals surface area contributed by atoms with Crippen LogP contribution in [0.15, 0.2) is 91.0 Å². The summed E-state index contributed by atoms with van der Waals surface area (Å²) in [6.45, 7) is 0. The van der Waals surface area contributed by atoms with Gasteiger partial charge in [0.05, 0.1) is 18.8 Å². The van der Waals surface area contributed by atoms with Crippen molar-refractivity contribution >= 4 is 5.91 Å². The molecule has 0 aliphatic rings.